The third-order valence-corrected chi connectivity index (χ3v) is 4.58. The maximum atomic E-state index is 12.3. The highest BCUT2D eigenvalue weighted by molar-refractivity contribution is 9.10. The Balaban J connectivity index is 2.31. The number of aromatic nitrogens is 2. The van der Waals surface area contributed by atoms with E-state index in [4.69, 9.17) is 5.73 Å². The zero-order valence-electron chi connectivity index (χ0n) is 12.0. The second-order valence-corrected chi connectivity index (χ2v) is 6.09. The Hall–Kier alpha value is -0.880. The molecule has 1 unspecified atom stereocenters. The molecule has 1 atom stereocenters. The van der Waals surface area contributed by atoms with Crippen LogP contribution in [0, 0.1) is 0 Å². The number of rotatable bonds is 5. The molecule has 5 nitrogen and oxygen atoms in total. The Bertz CT molecular complexity index is 500. The largest absolute Gasteiger partial charge is 0.366 e. The summed E-state index contributed by atoms with van der Waals surface area (Å²) in [4.78, 5) is 14.6. The fraction of sp³-hybridized carbons (Fsp3) is 0.714. The van der Waals surface area contributed by atoms with E-state index < -0.39 is 0 Å². The van der Waals surface area contributed by atoms with Crippen molar-refractivity contribution in [2.24, 2.45) is 5.73 Å². The van der Waals surface area contributed by atoms with Crippen molar-refractivity contribution in [3.05, 3.63) is 21.0 Å². The predicted molar refractivity (Wildman–Crippen MR) is 85.1 cm³/mol. The van der Waals surface area contributed by atoms with E-state index in [-0.39, 0.29) is 5.56 Å². The van der Waals surface area contributed by atoms with Crippen molar-refractivity contribution >= 4 is 21.6 Å². The van der Waals surface area contributed by atoms with Crippen LogP contribution >= 0.6 is 15.9 Å². The van der Waals surface area contributed by atoms with E-state index in [1.165, 1.54) is 11.1 Å². The number of hydrogen-bond acceptors (Lipinski definition) is 4. The van der Waals surface area contributed by atoms with Gasteiger partial charge >= 0.3 is 0 Å². The molecule has 1 aliphatic rings. The number of halogens is 1. The van der Waals surface area contributed by atoms with Crippen LogP contribution in [-0.4, -0.2) is 28.9 Å². The van der Waals surface area contributed by atoms with Crippen molar-refractivity contribution in [1.29, 1.82) is 0 Å². The van der Waals surface area contributed by atoms with Gasteiger partial charge in [0.25, 0.3) is 5.56 Å². The van der Waals surface area contributed by atoms with Crippen molar-refractivity contribution in [3.63, 3.8) is 0 Å². The van der Waals surface area contributed by atoms with E-state index in [0.29, 0.717) is 23.6 Å². The lowest BCUT2D eigenvalue weighted by Crippen LogP contribution is -2.42. The van der Waals surface area contributed by atoms with Crippen molar-refractivity contribution in [2.75, 3.05) is 18.0 Å². The molecule has 2 heterocycles. The molecule has 0 aromatic carbocycles. The molecule has 1 aliphatic heterocycles. The monoisotopic (exact) mass is 342 g/mol. The van der Waals surface area contributed by atoms with Crippen LogP contribution < -0.4 is 16.2 Å². The standard InChI is InChI=1S/C14H23BrN4O/c1-2-8-19-14(20)13(15)12(10-17-19)18-9-4-3-5-11(18)6-7-16/h10-11H,2-9,16H2,1H3. The lowest BCUT2D eigenvalue weighted by molar-refractivity contribution is 0.439. The van der Waals surface area contributed by atoms with Gasteiger partial charge in [-0.05, 0) is 54.6 Å². The summed E-state index contributed by atoms with van der Waals surface area (Å²) in [6, 6.07) is 0.424. The first-order chi connectivity index (χ1) is 9.69. The van der Waals surface area contributed by atoms with Crippen LogP contribution in [0.5, 0.6) is 0 Å². The minimum atomic E-state index is -0.0404. The molecule has 0 bridgehead atoms. The van der Waals surface area contributed by atoms with E-state index in [1.54, 1.807) is 0 Å². The van der Waals surface area contributed by atoms with Crippen molar-refractivity contribution in [3.8, 4) is 0 Å². The highest BCUT2D eigenvalue weighted by atomic mass is 79.9. The number of nitrogens with two attached hydrogens (primary N) is 1. The van der Waals surface area contributed by atoms with Crippen LogP contribution in [0.15, 0.2) is 15.5 Å². The molecule has 0 amide bonds. The molecule has 0 saturated carbocycles. The molecule has 1 saturated heterocycles. The van der Waals surface area contributed by atoms with Gasteiger partial charge in [-0.3, -0.25) is 4.79 Å². The molecule has 1 aromatic heterocycles. The normalized spacial score (nSPS) is 19.4. The van der Waals surface area contributed by atoms with Crippen LogP contribution in [0.1, 0.15) is 39.0 Å². The third-order valence-electron chi connectivity index (χ3n) is 3.84. The summed E-state index contributed by atoms with van der Waals surface area (Å²) in [5.41, 5.74) is 6.59. The molecule has 1 fully saturated rings. The molecular formula is C14H23BrN4O. The smallest absolute Gasteiger partial charge is 0.283 e. The quantitative estimate of drug-likeness (QED) is 0.890. The Morgan fingerprint density at radius 1 is 1.50 bits per heavy atom. The molecule has 0 aliphatic carbocycles. The number of anilines is 1. The highest BCUT2D eigenvalue weighted by Crippen LogP contribution is 2.29. The Morgan fingerprint density at radius 3 is 3.00 bits per heavy atom. The SMILES string of the molecule is CCCn1ncc(N2CCCCC2CCN)c(Br)c1=O. The third kappa shape index (κ3) is 3.23. The van der Waals surface area contributed by atoms with Gasteiger partial charge in [0.05, 0.1) is 11.9 Å². The fourth-order valence-corrected chi connectivity index (χ4v) is 3.37. The minimum Gasteiger partial charge on any atom is -0.366 e. The zero-order chi connectivity index (χ0) is 14.5. The van der Waals surface area contributed by atoms with E-state index >= 15 is 0 Å². The van der Waals surface area contributed by atoms with Gasteiger partial charge in [-0.1, -0.05) is 6.92 Å². The summed E-state index contributed by atoms with van der Waals surface area (Å²) >= 11 is 3.47. The second-order valence-electron chi connectivity index (χ2n) is 5.29. The van der Waals surface area contributed by atoms with Gasteiger partial charge in [0.1, 0.15) is 4.47 Å². The topological polar surface area (TPSA) is 64.2 Å². The summed E-state index contributed by atoms with van der Waals surface area (Å²) in [6.07, 6.45) is 7.21. The minimum absolute atomic E-state index is 0.0404. The number of piperidine rings is 1. The van der Waals surface area contributed by atoms with Crippen molar-refractivity contribution in [1.82, 2.24) is 9.78 Å². The molecule has 0 spiro atoms. The average Bonchev–Trinajstić information content (AvgIpc) is 2.46. The summed E-state index contributed by atoms with van der Waals surface area (Å²) < 4.78 is 2.15. The Kier molecular flexibility index (Phi) is 5.60. The summed E-state index contributed by atoms with van der Waals surface area (Å²) in [5.74, 6) is 0. The van der Waals surface area contributed by atoms with Crippen LogP contribution in [0.4, 0.5) is 5.69 Å². The molecule has 1 aromatic rings. The maximum Gasteiger partial charge on any atom is 0.283 e. The van der Waals surface area contributed by atoms with Gasteiger partial charge in [-0.15, -0.1) is 0 Å². The molecule has 6 heteroatoms. The molecule has 2 rings (SSSR count). The lowest BCUT2D eigenvalue weighted by Gasteiger charge is -2.37. The number of nitrogens with zero attached hydrogens (tertiary/aromatic N) is 3. The molecule has 0 radical (unpaired) electrons. The van der Waals surface area contributed by atoms with Gasteiger partial charge in [-0.2, -0.15) is 5.10 Å². The van der Waals surface area contributed by atoms with Crippen LogP contribution in [0.3, 0.4) is 0 Å². The van der Waals surface area contributed by atoms with Gasteiger partial charge in [-0.25, -0.2) is 4.68 Å². The predicted octanol–water partition coefficient (Wildman–Crippen LogP) is 2.12. The second kappa shape index (κ2) is 7.22. The molecule has 2 N–H and O–H groups in total. The first-order valence-electron chi connectivity index (χ1n) is 7.41. The highest BCUT2D eigenvalue weighted by Gasteiger charge is 2.25. The van der Waals surface area contributed by atoms with Gasteiger partial charge in [0.2, 0.25) is 0 Å². The molecular weight excluding hydrogens is 320 g/mol. The average molecular weight is 343 g/mol. The van der Waals surface area contributed by atoms with E-state index in [1.807, 2.05) is 13.1 Å². The first kappa shape index (κ1) is 15.5. The van der Waals surface area contributed by atoms with E-state index in [9.17, 15) is 4.79 Å². The van der Waals surface area contributed by atoms with Crippen molar-refractivity contribution < 1.29 is 0 Å². The van der Waals surface area contributed by atoms with Crippen LogP contribution in [-0.2, 0) is 6.54 Å². The number of aryl methyl sites for hydroxylation is 1. The van der Waals surface area contributed by atoms with E-state index in [2.05, 4.69) is 25.9 Å². The lowest BCUT2D eigenvalue weighted by atomic mass is 9.99. The first-order valence-corrected chi connectivity index (χ1v) is 8.20. The van der Waals surface area contributed by atoms with E-state index in [0.717, 1.165) is 37.9 Å². The summed E-state index contributed by atoms with van der Waals surface area (Å²) in [7, 11) is 0. The zero-order valence-corrected chi connectivity index (χ0v) is 13.6. The van der Waals surface area contributed by atoms with Gasteiger partial charge in [0, 0.05) is 19.1 Å². The summed E-state index contributed by atoms with van der Waals surface area (Å²) in [6.45, 7) is 4.35. The Morgan fingerprint density at radius 2 is 2.30 bits per heavy atom. The van der Waals surface area contributed by atoms with Crippen LogP contribution in [0.2, 0.25) is 0 Å². The fourth-order valence-electron chi connectivity index (χ4n) is 2.84. The van der Waals surface area contributed by atoms with Crippen LogP contribution in [0.25, 0.3) is 0 Å². The summed E-state index contributed by atoms with van der Waals surface area (Å²) in [5, 5.41) is 4.30. The van der Waals surface area contributed by atoms with Gasteiger partial charge in [0.15, 0.2) is 0 Å². The molecule has 112 valence electrons. The Labute approximate surface area is 128 Å². The maximum absolute atomic E-state index is 12.3. The molecule has 20 heavy (non-hydrogen) atoms. The van der Waals surface area contributed by atoms with Crippen molar-refractivity contribution in [2.45, 2.75) is 51.6 Å². The number of hydrogen-bond donors (Lipinski definition) is 1. The van der Waals surface area contributed by atoms with Gasteiger partial charge < -0.3 is 10.6 Å².